The van der Waals surface area contributed by atoms with Crippen molar-refractivity contribution in [2.75, 3.05) is 38.2 Å². The van der Waals surface area contributed by atoms with Crippen molar-refractivity contribution < 1.29 is 9.15 Å². The van der Waals surface area contributed by atoms with Gasteiger partial charge in [-0.1, -0.05) is 18.2 Å². The number of methoxy groups -OCH3 is 1. The summed E-state index contributed by atoms with van der Waals surface area (Å²) in [6.45, 7) is 4.38. The molecule has 0 unspecified atom stereocenters. The number of hydrogen-bond donors (Lipinski definition) is 0. The minimum absolute atomic E-state index is 0.417. The minimum Gasteiger partial charge on any atom is -0.495 e. The molecule has 3 aromatic rings. The van der Waals surface area contributed by atoms with E-state index in [-0.39, 0.29) is 0 Å². The fraction of sp³-hybridized carbons (Fsp3) is 0.333. The van der Waals surface area contributed by atoms with Crippen LogP contribution in [0.15, 0.2) is 46.2 Å². The van der Waals surface area contributed by atoms with Crippen molar-refractivity contribution in [2.45, 2.75) is 6.67 Å². The molecule has 0 atom stereocenters. The smallest absolute Gasteiger partial charge is 0.288 e. The molecule has 6 nitrogen and oxygen atoms in total. The first-order valence-corrected chi connectivity index (χ1v) is 9.75. The average molecular weight is 389 g/mol. The molecule has 0 spiro atoms. The molecule has 1 aromatic carbocycles. The molecule has 0 aliphatic carbocycles. The Morgan fingerprint density at radius 1 is 1.15 bits per heavy atom. The summed E-state index contributed by atoms with van der Waals surface area (Å²) >= 11 is 6.93. The zero-order chi connectivity index (χ0) is 17.9. The summed E-state index contributed by atoms with van der Waals surface area (Å²) in [6.07, 6.45) is 0. The average Bonchev–Trinajstić information content (AvgIpc) is 3.33. The van der Waals surface area contributed by atoms with E-state index >= 15 is 0 Å². The second-order valence-electron chi connectivity index (χ2n) is 6.07. The highest BCUT2D eigenvalue weighted by atomic mass is 32.1. The van der Waals surface area contributed by atoms with Crippen LogP contribution in [0.5, 0.6) is 5.75 Å². The lowest BCUT2D eigenvalue weighted by molar-refractivity contribution is 0.192. The summed E-state index contributed by atoms with van der Waals surface area (Å²) in [5.74, 6) is 1.51. The van der Waals surface area contributed by atoms with E-state index in [1.54, 1.807) is 23.1 Å². The molecule has 26 heavy (non-hydrogen) atoms. The second-order valence-corrected chi connectivity index (χ2v) is 7.37. The van der Waals surface area contributed by atoms with Gasteiger partial charge >= 0.3 is 0 Å². The van der Waals surface area contributed by atoms with Crippen molar-refractivity contribution in [1.82, 2.24) is 14.7 Å². The first-order valence-electron chi connectivity index (χ1n) is 8.47. The van der Waals surface area contributed by atoms with E-state index in [1.807, 2.05) is 35.7 Å². The lowest BCUT2D eigenvalue weighted by atomic mass is 10.2. The summed E-state index contributed by atoms with van der Waals surface area (Å²) in [7, 11) is 1.71. The standard InChI is InChI=1S/C18H20N4O2S2/c1-23-15-6-3-2-5-14(15)21-10-8-20(9-11-21)13-22-18(25)24-17(19-22)16-7-4-12-26-16/h2-7,12H,8-11,13H2,1H3. The van der Waals surface area contributed by atoms with Crippen LogP contribution in [-0.2, 0) is 6.67 Å². The zero-order valence-electron chi connectivity index (χ0n) is 14.5. The summed E-state index contributed by atoms with van der Waals surface area (Å²) in [6, 6.07) is 12.1. The predicted octanol–water partition coefficient (Wildman–Crippen LogP) is 3.72. The Kier molecular flexibility index (Phi) is 5.05. The SMILES string of the molecule is COc1ccccc1N1CCN(Cn2nc(-c3cccs3)oc2=S)CC1. The van der Waals surface area contributed by atoms with E-state index < -0.39 is 0 Å². The number of rotatable bonds is 5. The molecule has 0 amide bonds. The van der Waals surface area contributed by atoms with Crippen molar-refractivity contribution in [3.05, 3.63) is 46.6 Å². The van der Waals surface area contributed by atoms with Gasteiger partial charge in [0, 0.05) is 26.2 Å². The van der Waals surface area contributed by atoms with E-state index in [9.17, 15) is 0 Å². The summed E-state index contributed by atoms with van der Waals surface area (Å²) in [4.78, 5) is 6.10. The second kappa shape index (κ2) is 7.61. The van der Waals surface area contributed by atoms with Crippen LogP contribution in [0, 0.1) is 4.84 Å². The van der Waals surface area contributed by atoms with Crippen LogP contribution < -0.4 is 9.64 Å². The maximum absolute atomic E-state index is 5.64. The Labute approximate surface area is 161 Å². The van der Waals surface area contributed by atoms with Crippen molar-refractivity contribution in [1.29, 1.82) is 0 Å². The molecule has 1 aliphatic heterocycles. The Balaban J connectivity index is 1.41. The number of thiophene rings is 1. The normalized spacial score (nSPS) is 15.3. The van der Waals surface area contributed by atoms with Gasteiger partial charge in [-0.15, -0.1) is 16.4 Å². The van der Waals surface area contributed by atoms with Gasteiger partial charge in [0.1, 0.15) is 5.75 Å². The Hall–Kier alpha value is -2.16. The van der Waals surface area contributed by atoms with Gasteiger partial charge in [0.25, 0.3) is 10.7 Å². The third kappa shape index (κ3) is 3.53. The quantitative estimate of drug-likeness (QED) is 0.621. The molecule has 0 radical (unpaired) electrons. The number of ether oxygens (including phenoxy) is 1. The molecule has 1 aliphatic rings. The molecule has 8 heteroatoms. The Bertz CT molecular complexity index is 911. The molecule has 1 fully saturated rings. The first kappa shape index (κ1) is 17.3. The molecule has 136 valence electrons. The number of nitrogens with zero attached hydrogens (tertiary/aromatic N) is 4. The lowest BCUT2D eigenvalue weighted by Crippen LogP contribution is -2.47. The molecule has 0 saturated carbocycles. The molecule has 2 aromatic heterocycles. The van der Waals surface area contributed by atoms with Crippen LogP contribution >= 0.6 is 23.6 Å². The van der Waals surface area contributed by atoms with E-state index in [2.05, 4.69) is 21.0 Å². The summed E-state index contributed by atoms with van der Waals surface area (Å²) in [5.41, 5.74) is 1.15. The number of benzene rings is 1. The monoisotopic (exact) mass is 388 g/mol. The number of hydrogen-bond acceptors (Lipinski definition) is 7. The van der Waals surface area contributed by atoms with Crippen LogP contribution in [-0.4, -0.2) is 48.0 Å². The van der Waals surface area contributed by atoms with Gasteiger partial charge in [-0.05, 0) is 35.8 Å². The summed E-state index contributed by atoms with van der Waals surface area (Å²) in [5, 5.41) is 6.54. The maximum atomic E-state index is 5.64. The fourth-order valence-electron chi connectivity index (χ4n) is 3.11. The number of aromatic nitrogens is 2. The van der Waals surface area contributed by atoms with Crippen LogP contribution in [0.25, 0.3) is 10.8 Å². The van der Waals surface area contributed by atoms with Gasteiger partial charge in [0.05, 0.1) is 24.3 Å². The topological polar surface area (TPSA) is 46.7 Å². The van der Waals surface area contributed by atoms with Crippen LogP contribution in [0.1, 0.15) is 0 Å². The minimum atomic E-state index is 0.417. The third-order valence-corrected chi connectivity index (χ3v) is 5.62. The highest BCUT2D eigenvalue weighted by Crippen LogP contribution is 2.28. The largest absolute Gasteiger partial charge is 0.495 e. The highest BCUT2D eigenvalue weighted by molar-refractivity contribution is 7.71. The number of anilines is 1. The van der Waals surface area contributed by atoms with Gasteiger partial charge < -0.3 is 14.1 Å². The van der Waals surface area contributed by atoms with Gasteiger partial charge in [0.2, 0.25) is 0 Å². The Morgan fingerprint density at radius 3 is 2.69 bits per heavy atom. The lowest BCUT2D eigenvalue weighted by Gasteiger charge is -2.36. The predicted molar refractivity (Wildman–Crippen MR) is 105 cm³/mol. The van der Waals surface area contributed by atoms with E-state index in [0.717, 1.165) is 42.5 Å². The van der Waals surface area contributed by atoms with Crippen molar-refractivity contribution in [3.63, 3.8) is 0 Å². The van der Waals surface area contributed by atoms with Crippen LogP contribution in [0.2, 0.25) is 0 Å². The molecule has 0 bridgehead atoms. The molecule has 0 N–H and O–H groups in total. The van der Waals surface area contributed by atoms with Gasteiger partial charge in [-0.25, -0.2) is 4.68 Å². The van der Waals surface area contributed by atoms with Crippen molar-refractivity contribution >= 4 is 29.2 Å². The third-order valence-electron chi connectivity index (χ3n) is 4.47. The maximum Gasteiger partial charge on any atom is 0.288 e. The molecule has 3 heterocycles. The van der Waals surface area contributed by atoms with Crippen molar-refractivity contribution in [2.24, 2.45) is 0 Å². The molecular weight excluding hydrogens is 368 g/mol. The van der Waals surface area contributed by atoms with Crippen molar-refractivity contribution in [3.8, 4) is 16.5 Å². The summed E-state index contributed by atoms with van der Waals surface area (Å²) < 4.78 is 12.9. The molecule has 4 rings (SSSR count). The number of para-hydroxylation sites is 2. The van der Waals surface area contributed by atoms with Gasteiger partial charge in [0.15, 0.2) is 0 Å². The fourth-order valence-corrected chi connectivity index (χ4v) is 3.93. The van der Waals surface area contributed by atoms with Gasteiger partial charge in [-0.3, -0.25) is 4.90 Å². The molecule has 1 saturated heterocycles. The van der Waals surface area contributed by atoms with E-state index in [4.69, 9.17) is 21.4 Å². The highest BCUT2D eigenvalue weighted by Gasteiger charge is 2.20. The number of piperazine rings is 1. The van der Waals surface area contributed by atoms with Crippen LogP contribution in [0.4, 0.5) is 5.69 Å². The molecular formula is C18H20N4O2S2. The van der Waals surface area contributed by atoms with Gasteiger partial charge in [-0.2, -0.15) is 0 Å². The Morgan fingerprint density at radius 2 is 1.96 bits per heavy atom. The van der Waals surface area contributed by atoms with E-state index in [0.29, 0.717) is 17.4 Å². The van der Waals surface area contributed by atoms with Crippen LogP contribution in [0.3, 0.4) is 0 Å². The first-order chi connectivity index (χ1) is 12.7. The van der Waals surface area contributed by atoms with E-state index in [1.165, 1.54) is 0 Å². The zero-order valence-corrected chi connectivity index (χ0v) is 16.1.